The molecule has 1 saturated heterocycles. The van der Waals surface area contributed by atoms with Gasteiger partial charge in [0, 0.05) is 18.3 Å². The van der Waals surface area contributed by atoms with E-state index >= 15 is 0 Å². The Morgan fingerprint density at radius 3 is 2.96 bits per heavy atom. The largest absolute Gasteiger partial charge is 0.379 e. The third kappa shape index (κ3) is 4.15. The van der Waals surface area contributed by atoms with Gasteiger partial charge in [-0.2, -0.15) is 5.10 Å². The molecular formula is C17H19Cl2N3O. The van der Waals surface area contributed by atoms with Gasteiger partial charge in [-0.15, -0.1) is 0 Å². The maximum Gasteiger partial charge on any atom is 0.0854 e. The van der Waals surface area contributed by atoms with Crippen LogP contribution >= 0.6 is 23.2 Å². The van der Waals surface area contributed by atoms with E-state index in [4.69, 9.17) is 27.9 Å². The SMILES string of the molecule is Cc1cc(/C=C/CC2COCCN2)nn1-c1ccc(Cl)c(Cl)c1. The van der Waals surface area contributed by atoms with Crippen molar-refractivity contribution in [3.63, 3.8) is 0 Å². The van der Waals surface area contributed by atoms with Crippen LogP contribution in [0.3, 0.4) is 0 Å². The van der Waals surface area contributed by atoms with Crippen LogP contribution in [0.4, 0.5) is 0 Å². The van der Waals surface area contributed by atoms with Crippen molar-refractivity contribution in [1.82, 2.24) is 15.1 Å². The van der Waals surface area contributed by atoms with Crippen LogP contribution in [0.5, 0.6) is 0 Å². The second kappa shape index (κ2) is 7.49. The lowest BCUT2D eigenvalue weighted by Crippen LogP contribution is -2.40. The molecule has 2 aromatic rings. The Kier molecular flexibility index (Phi) is 5.38. The Hall–Kier alpha value is -1.33. The van der Waals surface area contributed by atoms with Crippen LogP contribution in [0.25, 0.3) is 11.8 Å². The number of hydrogen-bond donors (Lipinski definition) is 1. The summed E-state index contributed by atoms with van der Waals surface area (Å²) in [6.07, 6.45) is 5.10. The Balaban J connectivity index is 1.71. The third-order valence-corrected chi connectivity index (χ3v) is 4.50. The fourth-order valence-corrected chi connectivity index (χ4v) is 2.87. The van der Waals surface area contributed by atoms with Gasteiger partial charge in [0.2, 0.25) is 0 Å². The van der Waals surface area contributed by atoms with E-state index < -0.39 is 0 Å². The second-order valence-corrected chi connectivity index (χ2v) is 6.40. The van der Waals surface area contributed by atoms with E-state index in [0.717, 1.165) is 43.3 Å². The molecule has 0 saturated carbocycles. The lowest BCUT2D eigenvalue weighted by Gasteiger charge is -2.22. The quantitative estimate of drug-likeness (QED) is 0.908. The highest BCUT2D eigenvalue weighted by Gasteiger charge is 2.11. The minimum atomic E-state index is 0.387. The molecule has 1 aromatic heterocycles. The summed E-state index contributed by atoms with van der Waals surface area (Å²) in [7, 11) is 0. The Labute approximate surface area is 146 Å². The average Bonchev–Trinajstić information content (AvgIpc) is 2.92. The molecule has 1 aliphatic heterocycles. The molecule has 6 heteroatoms. The zero-order valence-corrected chi connectivity index (χ0v) is 14.4. The fourth-order valence-electron chi connectivity index (χ4n) is 2.58. The maximum atomic E-state index is 6.09. The Morgan fingerprint density at radius 2 is 2.22 bits per heavy atom. The number of nitrogens with zero attached hydrogens (tertiary/aromatic N) is 2. The van der Waals surface area contributed by atoms with Crippen LogP contribution in [0.1, 0.15) is 17.8 Å². The summed E-state index contributed by atoms with van der Waals surface area (Å²) in [4.78, 5) is 0. The first kappa shape index (κ1) is 16.5. The van der Waals surface area contributed by atoms with Gasteiger partial charge in [0.15, 0.2) is 0 Å². The van der Waals surface area contributed by atoms with E-state index in [0.29, 0.717) is 16.1 Å². The lowest BCUT2D eigenvalue weighted by atomic mass is 10.2. The number of morpholine rings is 1. The molecule has 1 aromatic carbocycles. The summed E-state index contributed by atoms with van der Waals surface area (Å²) in [5.74, 6) is 0. The van der Waals surface area contributed by atoms with E-state index in [1.807, 2.05) is 35.9 Å². The summed E-state index contributed by atoms with van der Waals surface area (Å²) < 4.78 is 7.31. The summed E-state index contributed by atoms with van der Waals surface area (Å²) in [5, 5.41) is 9.11. The average molecular weight is 352 g/mol. The van der Waals surface area contributed by atoms with E-state index in [1.54, 1.807) is 6.07 Å². The van der Waals surface area contributed by atoms with E-state index in [9.17, 15) is 0 Å². The van der Waals surface area contributed by atoms with E-state index in [-0.39, 0.29) is 0 Å². The predicted molar refractivity (Wildman–Crippen MR) is 94.6 cm³/mol. The molecule has 0 amide bonds. The van der Waals surface area contributed by atoms with Crippen molar-refractivity contribution in [1.29, 1.82) is 0 Å². The van der Waals surface area contributed by atoms with Crippen LogP contribution in [-0.2, 0) is 4.74 Å². The third-order valence-electron chi connectivity index (χ3n) is 3.76. The number of hydrogen-bond acceptors (Lipinski definition) is 3. The maximum absolute atomic E-state index is 6.09. The predicted octanol–water partition coefficient (Wildman–Crippen LogP) is 3.88. The van der Waals surface area contributed by atoms with Crippen molar-refractivity contribution < 1.29 is 4.74 Å². The van der Waals surface area contributed by atoms with Crippen molar-refractivity contribution in [2.24, 2.45) is 0 Å². The number of aryl methyl sites for hydroxylation is 1. The highest BCUT2D eigenvalue weighted by atomic mass is 35.5. The minimum absolute atomic E-state index is 0.387. The molecule has 122 valence electrons. The highest BCUT2D eigenvalue weighted by molar-refractivity contribution is 6.42. The molecule has 23 heavy (non-hydrogen) atoms. The van der Waals surface area contributed by atoms with Crippen molar-refractivity contribution in [2.45, 2.75) is 19.4 Å². The first-order valence-corrected chi connectivity index (χ1v) is 8.39. The zero-order valence-electron chi connectivity index (χ0n) is 12.9. The van der Waals surface area contributed by atoms with Crippen LogP contribution < -0.4 is 5.32 Å². The number of halogens is 2. The van der Waals surface area contributed by atoms with Gasteiger partial charge in [-0.05, 0) is 43.7 Å². The number of rotatable bonds is 4. The molecule has 0 aliphatic carbocycles. The zero-order chi connectivity index (χ0) is 16.2. The second-order valence-electron chi connectivity index (χ2n) is 5.58. The van der Waals surface area contributed by atoms with Gasteiger partial charge >= 0.3 is 0 Å². The number of benzene rings is 1. The van der Waals surface area contributed by atoms with Gasteiger partial charge in [-0.25, -0.2) is 4.68 Å². The van der Waals surface area contributed by atoms with Gasteiger partial charge in [0.05, 0.1) is 34.6 Å². The van der Waals surface area contributed by atoms with Gasteiger partial charge in [0.1, 0.15) is 0 Å². The van der Waals surface area contributed by atoms with Crippen molar-refractivity contribution in [3.05, 3.63) is 51.8 Å². The topological polar surface area (TPSA) is 39.1 Å². The monoisotopic (exact) mass is 351 g/mol. The fraction of sp³-hybridized carbons (Fsp3) is 0.353. The molecule has 2 heterocycles. The van der Waals surface area contributed by atoms with Crippen LogP contribution in [-0.4, -0.2) is 35.6 Å². The van der Waals surface area contributed by atoms with Crippen molar-refractivity contribution >= 4 is 29.3 Å². The van der Waals surface area contributed by atoms with Crippen LogP contribution in [0, 0.1) is 6.92 Å². The molecule has 1 aliphatic rings. The molecule has 0 bridgehead atoms. The summed E-state index contributed by atoms with van der Waals surface area (Å²) in [6, 6.07) is 7.94. The normalized spacial score (nSPS) is 18.7. The van der Waals surface area contributed by atoms with E-state index in [2.05, 4.69) is 16.5 Å². The van der Waals surface area contributed by atoms with E-state index in [1.165, 1.54) is 0 Å². The summed E-state index contributed by atoms with van der Waals surface area (Å²) in [5.41, 5.74) is 2.87. The molecule has 1 fully saturated rings. The smallest absolute Gasteiger partial charge is 0.0854 e. The number of nitrogens with one attached hydrogen (secondary N) is 1. The highest BCUT2D eigenvalue weighted by Crippen LogP contribution is 2.25. The van der Waals surface area contributed by atoms with Crippen LogP contribution in [0.15, 0.2) is 30.3 Å². The van der Waals surface area contributed by atoms with Gasteiger partial charge in [0.25, 0.3) is 0 Å². The molecule has 1 atom stereocenters. The summed E-state index contributed by atoms with van der Waals surface area (Å²) in [6.45, 7) is 4.50. The molecule has 1 N–H and O–H groups in total. The lowest BCUT2D eigenvalue weighted by molar-refractivity contribution is 0.0778. The molecule has 0 radical (unpaired) electrons. The standard InChI is InChI=1S/C17H19Cl2N3O/c1-12-9-13(3-2-4-14-11-23-8-7-20-14)21-22(12)15-5-6-16(18)17(19)10-15/h2-3,5-6,9-10,14,20H,4,7-8,11H2,1H3/b3-2+. The molecular weight excluding hydrogens is 333 g/mol. The summed E-state index contributed by atoms with van der Waals surface area (Å²) >= 11 is 12.1. The first-order valence-electron chi connectivity index (χ1n) is 7.63. The van der Waals surface area contributed by atoms with Gasteiger partial charge in [-0.3, -0.25) is 0 Å². The van der Waals surface area contributed by atoms with Crippen LogP contribution in [0.2, 0.25) is 10.0 Å². The molecule has 0 spiro atoms. The van der Waals surface area contributed by atoms with Crippen molar-refractivity contribution in [2.75, 3.05) is 19.8 Å². The van der Waals surface area contributed by atoms with Crippen molar-refractivity contribution in [3.8, 4) is 5.69 Å². The number of aromatic nitrogens is 2. The molecule has 4 nitrogen and oxygen atoms in total. The Bertz CT molecular complexity index is 706. The first-order chi connectivity index (χ1) is 11.1. The minimum Gasteiger partial charge on any atom is -0.379 e. The molecule has 3 rings (SSSR count). The molecule has 1 unspecified atom stereocenters. The Morgan fingerprint density at radius 1 is 1.35 bits per heavy atom. The number of ether oxygens (including phenoxy) is 1. The van der Waals surface area contributed by atoms with Gasteiger partial charge in [-0.1, -0.05) is 29.3 Å². The van der Waals surface area contributed by atoms with Gasteiger partial charge < -0.3 is 10.1 Å².